The van der Waals surface area contributed by atoms with E-state index in [1.54, 1.807) is 39.8 Å². The molecule has 2 N–H and O–H groups in total. The minimum atomic E-state index is -0.847. The summed E-state index contributed by atoms with van der Waals surface area (Å²) < 4.78 is 10.7. The second kappa shape index (κ2) is 10.6. The van der Waals surface area contributed by atoms with E-state index in [0.29, 0.717) is 15.5 Å². The molecule has 0 fully saturated rings. The van der Waals surface area contributed by atoms with Crippen LogP contribution in [0.15, 0.2) is 18.2 Å². The Morgan fingerprint density at radius 3 is 2.47 bits per heavy atom. The molecular weight excluding hydrogens is 430 g/mol. The first-order valence-corrected chi connectivity index (χ1v) is 10.7. The number of nitrogens with one attached hydrogen (secondary N) is 2. The number of carbonyl (C=O) groups is 3. The minimum absolute atomic E-state index is 0.100. The van der Waals surface area contributed by atoms with E-state index < -0.39 is 30.1 Å². The Labute approximate surface area is 184 Å². The zero-order chi connectivity index (χ0) is 22.4. The monoisotopic (exact) mass is 455 g/mol. The van der Waals surface area contributed by atoms with Crippen LogP contribution >= 0.6 is 22.9 Å². The van der Waals surface area contributed by atoms with Crippen LogP contribution < -0.4 is 10.6 Å². The smallest absolute Gasteiger partial charge is 0.408 e. The average molecular weight is 456 g/mol. The van der Waals surface area contributed by atoms with Gasteiger partial charge < -0.3 is 20.1 Å². The molecule has 8 nitrogen and oxygen atoms in total. The largest absolute Gasteiger partial charge is 0.469 e. The van der Waals surface area contributed by atoms with Crippen molar-refractivity contribution < 1.29 is 23.9 Å². The number of aromatic nitrogens is 1. The number of benzene rings is 1. The number of carbonyl (C=O) groups excluding carboxylic acids is 3. The number of alkyl carbamates (subject to hydrolysis) is 1. The highest BCUT2D eigenvalue weighted by molar-refractivity contribution is 7.18. The molecule has 2 aromatic rings. The summed E-state index contributed by atoms with van der Waals surface area (Å²) >= 11 is 7.37. The predicted molar refractivity (Wildman–Crippen MR) is 116 cm³/mol. The molecule has 0 spiro atoms. The molecule has 0 saturated carbocycles. The van der Waals surface area contributed by atoms with Crippen LogP contribution in [0.2, 0.25) is 5.02 Å². The number of amides is 2. The van der Waals surface area contributed by atoms with E-state index in [1.807, 2.05) is 6.07 Å². The van der Waals surface area contributed by atoms with Crippen molar-refractivity contribution in [1.29, 1.82) is 0 Å². The molecule has 1 heterocycles. The highest BCUT2D eigenvalue weighted by Gasteiger charge is 2.30. The van der Waals surface area contributed by atoms with E-state index in [-0.39, 0.29) is 18.4 Å². The van der Waals surface area contributed by atoms with Gasteiger partial charge in [-0.3, -0.25) is 9.59 Å². The van der Waals surface area contributed by atoms with Crippen molar-refractivity contribution in [3.8, 4) is 0 Å². The molecule has 0 saturated heterocycles. The Bertz CT molecular complexity index is 915. The summed E-state index contributed by atoms with van der Waals surface area (Å²) in [5.41, 5.74) is 0.672. The maximum Gasteiger partial charge on any atom is 0.408 e. The fourth-order valence-corrected chi connectivity index (χ4v) is 3.85. The number of thiazole rings is 1. The van der Waals surface area contributed by atoms with Crippen molar-refractivity contribution in [1.82, 2.24) is 15.6 Å². The lowest BCUT2D eigenvalue weighted by molar-refractivity contribution is -0.141. The molecule has 30 heavy (non-hydrogen) atoms. The SMILES string of the molecule is COC(=O)CC(NC(=O)[C@@H](NC(=O)OC(C)C)C(C)C)c1nc2cc(Cl)ccc2s1. The van der Waals surface area contributed by atoms with Gasteiger partial charge in [0.15, 0.2) is 0 Å². The number of halogens is 1. The lowest BCUT2D eigenvalue weighted by atomic mass is 10.0. The van der Waals surface area contributed by atoms with Gasteiger partial charge in [-0.1, -0.05) is 25.4 Å². The zero-order valence-electron chi connectivity index (χ0n) is 17.5. The normalized spacial score (nSPS) is 13.2. The van der Waals surface area contributed by atoms with Gasteiger partial charge in [0, 0.05) is 5.02 Å². The van der Waals surface area contributed by atoms with Crippen LogP contribution in [0.1, 0.15) is 45.2 Å². The number of hydrogen-bond acceptors (Lipinski definition) is 7. The Hall–Kier alpha value is -2.39. The van der Waals surface area contributed by atoms with E-state index >= 15 is 0 Å². The summed E-state index contributed by atoms with van der Waals surface area (Å²) in [6.07, 6.45) is -1.10. The molecule has 164 valence electrons. The van der Waals surface area contributed by atoms with Crippen LogP contribution in [0.25, 0.3) is 10.2 Å². The predicted octanol–water partition coefficient (Wildman–Crippen LogP) is 3.83. The number of fused-ring (bicyclic) bond motifs is 1. The molecule has 1 aromatic carbocycles. The molecule has 1 aromatic heterocycles. The molecule has 0 aliphatic heterocycles. The van der Waals surface area contributed by atoms with Crippen LogP contribution in [0.5, 0.6) is 0 Å². The number of methoxy groups -OCH3 is 1. The highest BCUT2D eigenvalue weighted by atomic mass is 35.5. The molecular formula is C20H26ClN3O5S. The van der Waals surface area contributed by atoms with Crippen LogP contribution in [0, 0.1) is 5.92 Å². The number of hydrogen-bond donors (Lipinski definition) is 2. The molecule has 2 amide bonds. The van der Waals surface area contributed by atoms with Crippen molar-refractivity contribution in [2.24, 2.45) is 5.92 Å². The Morgan fingerprint density at radius 2 is 1.87 bits per heavy atom. The van der Waals surface area contributed by atoms with Gasteiger partial charge >= 0.3 is 12.1 Å². The van der Waals surface area contributed by atoms with Gasteiger partial charge in [0.05, 0.1) is 35.9 Å². The standard InChI is InChI=1S/C20H26ClN3O5S/c1-10(2)17(24-20(27)29-11(3)4)18(26)22-14(9-16(25)28-5)19-23-13-8-12(21)6-7-15(13)30-19/h6-8,10-11,14,17H,9H2,1-5H3,(H,22,26)(H,24,27)/t14?,17-/m0/s1. The summed E-state index contributed by atoms with van der Waals surface area (Å²) in [6, 6.07) is 3.73. The summed E-state index contributed by atoms with van der Waals surface area (Å²) in [5, 5.41) is 6.48. The van der Waals surface area contributed by atoms with Crippen LogP contribution in [0.4, 0.5) is 4.79 Å². The van der Waals surface area contributed by atoms with Gasteiger partial charge in [0.1, 0.15) is 11.0 Å². The van der Waals surface area contributed by atoms with E-state index in [1.165, 1.54) is 18.4 Å². The molecule has 2 rings (SSSR count). The first-order valence-electron chi connectivity index (χ1n) is 9.51. The highest BCUT2D eigenvalue weighted by Crippen LogP contribution is 2.30. The van der Waals surface area contributed by atoms with E-state index in [2.05, 4.69) is 15.6 Å². The maximum atomic E-state index is 13.0. The zero-order valence-corrected chi connectivity index (χ0v) is 19.1. The number of ether oxygens (including phenoxy) is 2. The maximum absolute atomic E-state index is 13.0. The molecule has 1 unspecified atom stereocenters. The first kappa shape index (κ1) is 23.9. The Balaban J connectivity index is 2.25. The van der Waals surface area contributed by atoms with Crippen LogP contribution in [-0.2, 0) is 19.1 Å². The van der Waals surface area contributed by atoms with E-state index in [4.69, 9.17) is 21.1 Å². The van der Waals surface area contributed by atoms with Gasteiger partial charge in [0.25, 0.3) is 0 Å². The topological polar surface area (TPSA) is 107 Å². The van der Waals surface area contributed by atoms with E-state index in [9.17, 15) is 14.4 Å². The van der Waals surface area contributed by atoms with Gasteiger partial charge in [0.2, 0.25) is 5.91 Å². The number of esters is 1. The number of rotatable bonds is 8. The van der Waals surface area contributed by atoms with Crippen LogP contribution in [0.3, 0.4) is 0 Å². The lowest BCUT2D eigenvalue weighted by Gasteiger charge is -2.24. The quantitative estimate of drug-likeness (QED) is 0.586. The van der Waals surface area contributed by atoms with Crippen molar-refractivity contribution in [3.63, 3.8) is 0 Å². The third-order valence-corrected chi connectivity index (χ3v) is 5.53. The third-order valence-electron chi connectivity index (χ3n) is 4.14. The fourth-order valence-electron chi connectivity index (χ4n) is 2.69. The fraction of sp³-hybridized carbons (Fsp3) is 0.500. The van der Waals surface area contributed by atoms with Gasteiger partial charge in [-0.25, -0.2) is 9.78 Å². The minimum Gasteiger partial charge on any atom is -0.469 e. The number of nitrogens with zero attached hydrogens (tertiary/aromatic N) is 1. The Morgan fingerprint density at radius 1 is 1.17 bits per heavy atom. The summed E-state index contributed by atoms with van der Waals surface area (Å²) in [7, 11) is 1.28. The second-order valence-corrected chi connectivity index (χ2v) is 8.82. The molecule has 0 radical (unpaired) electrons. The molecule has 2 atom stereocenters. The van der Waals surface area contributed by atoms with Crippen molar-refractivity contribution in [3.05, 3.63) is 28.2 Å². The average Bonchev–Trinajstić information content (AvgIpc) is 3.07. The Kier molecular flexibility index (Phi) is 8.43. The summed E-state index contributed by atoms with van der Waals surface area (Å²) in [5.74, 6) is -1.15. The molecule has 0 bridgehead atoms. The molecule has 0 aliphatic carbocycles. The lowest BCUT2D eigenvalue weighted by Crippen LogP contribution is -2.51. The van der Waals surface area contributed by atoms with Crippen molar-refractivity contribution in [2.75, 3.05) is 7.11 Å². The summed E-state index contributed by atoms with van der Waals surface area (Å²) in [4.78, 5) is 41.4. The van der Waals surface area contributed by atoms with Gasteiger partial charge in [-0.2, -0.15) is 0 Å². The van der Waals surface area contributed by atoms with Gasteiger partial charge in [-0.05, 0) is 38.0 Å². The molecule has 10 heteroatoms. The molecule has 0 aliphatic rings. The van der Waals surface area contributed by atoms with Crippen molar-refractivity contribution in [2.45, 2.75) is 52.3 Å². The summed E-state index contributed by atoms with van der Waals surface area (Å²) in [6.45, 7) is 7.04. The van der Waals surface area contributed by atoms with Crippen LogP contribution in [-0.4, -0.2) is 42.2 Å². The van der Waals surface area contributed by atoms with Crippen molar-refractivity contribution >= 4 is 51.1 Å². The van der Waals surface area contributed by atoms with Gasteiger partial charge in [-0.15, -0.1) is 11.3 Å². The van der Waals surface area contributed by atoms with E-state index in [0.717, 1.165) is 4.70 Å². The second-order valence-electron chi connectivity index (χ2n) is 7.33. The first-order chi connectivity index (χ1) is 14.1. The third kappa shape index (κ3) is 6.56.